The van der Waals surface area contributed by atoms with Gasteiger partial charge < -0.3 is 10.2 Å². The number of hydrogen-bond acceptors (Lipinski definition) is 3. The third-order valence-electron chi connectivity index (χ3n) is 4.04. The number of benzene rings is 1. The van der Waals surface area contributed by atoms with Gasteiger partial charge in [0.2, 0.25) is 0 Å². The predicted octanol–water partition coefficient (Wildman–Crippen LogP) is 3.20. The van der Waals surface area contributed by atoms with Crippen LogP contribution in [0.5, 0.6) is 0 Å². The summed E-state index contributed by atoms with van der Waals surface area (Å²) in [6.45, 7) is 1.19. The second-order valence-corrected chi connectivity index (χ2v) is 5.94. The number of anilines is 1. The minimum absolute atomic E-state index is 0.134. The molecule has 0 bridgehead atoms. The van der Waals surface area contributed by atoms with E-state index in [4.69, 9.17) is 11.6 Å². The van der Waals surface area contributed by atoms with Crippen molar-refractivity contribution in [2.45, 2.75) is 13.0 Å². The SMILES string of the molecule is O=C(Nc1cccc(Cl)c1)N1CCc2c(cnc3[nH]ncc23)C1. The monoisotopic (exact) mass is 327 g/mol. The van der Waals surface area contributed by atoms with Gasteiger partial charge in [0.15, 0.2) is 5.65 Å². The first-order chi connectivity index (χ1) is 11.2. The van der Waals surface area contributed by atoms with Crippen molar-refractivity contribution in [3.63, 3.8) is 0 Å². The highest BCUT2D eigenvalue weighted by Crippen LogP contribution is 2.25. The van der Waals surface area contributed by atoms with Gasteiger partial charge in [0, 0.05) is 35.4 Å². The Kier molecular flexibility index (Phi) is 3.38. The van der Waals surface area contributed by atoms with Crippen LogP contribution in [0.1, 0.15) is 11.1 Å². The smallest absolute Gasteiger partial charge is 0.320 e. The molecular formula is C16H14ClN5O. The molecule has 1 aliphatic rings. The number of amides is 2. The number of aromatic amines is 1. The Hall–Kier alpha value is -2.60. The van der Waals surface area contributed by atoms with E-state index < -0.39 is 0 Å². The lowest BCUT2D eigenvalue weighted by Gasteiger charge is -2.29. The molecular weight excluding hydrogens is 314 g/mol. The lowest BCUT2D eigenvalue weighted by atomic mass is 9.99. The summed E-state index contributed by atoms with van der Waals surface area (Å²) < 4.78 is 0. The number of urea groups is 1. The summed E-state index contributed by atoms with van der Waals surface area (Å²) in [6, 6.07) is 7.00. The summed E-state index contributed by atoms with van der Waals surface area (Å²) in [6.07, 6.45) is 4.40. The Morgan fingerprint density at radius 1 is 1.35 bits per heavy atom. The zero-order valence-corrected chi connectivity index (χ0v) is 13.0. The molecule has 7 heteroatoms. The molecule has 0 aliphatic carbocycles. The summed E-state index contributed by atoms with van der Waals surface area (Å²) >= 11 is 5.94. The van der Waals surface area contributed by atoms with Crippen molar-refractivity contribution >= 4 is 34.4 Å². The quantitative estimate of drug-likeness (QED) is 0.720. The first kappa shape index (κ1) is 14.0. The topological polar surface area (TPSA) is 73.9 Å². The van der Waals surface area contributed by atoms with Crippen LogP contribution in [0.3, 0.4) is 0 Å². The van der Waals surface area contributed by atoms with Crippen molar-refractivity contribution in [1.82, 2.24) is 20.1 Å². The summed E-state index contributed by atoms with van der Waals surface area (Å²) in [4.78, 5) is 18.6. The second kappa shape index (κ2) is 5.55. The molecule has 23 heavy (non-hydrogen) atoms. The third-order valence-corrected chi connectivity index (χ3v) is 4.27. The number of halogens is 1. The van der Waals surface area contributed by atoms with E-state index in [1.54, 1.807) is 23.2 Å². The van der Waals surface area contributed by atoms with Crippen LogP contribution < -0.4 is 5.32 Å². The zero-order chi connectivity index (χ0) is 15.8. The Balaban J connectivity index is 1.54. The number of carbonyl (C=O) groups excluding carboxylic acids is 1. The maximum absolute atomic E-state index is 12.4. The van der Waals surface area contributed by atoms with E-state index in [2.05, 4.69) is 20.5 Å². The van der Waals surface area contributed by atoms with Crippen LogP contribution in [-0.2, 0) is 13.0 Å². The maximum Gasteiger partial charge on any atom is 0.322 e. The molecule has 3 aromatic rings. The van der Waals surface area contributed by atoms with Crippen molar-refractivity contribution < 1.29 is 4.79 Å². The van der Waals surface area contributed by atoms with Crippen molar-refractivity contribution in [3.8, 4) is 0 Å². The highest BCUT2D eigenvalue weighted by atomic mass is 35.5. The van der Waals surface area contributed by atoms with E-state index in [1.807, 2.05) is 18.3 Å². The number of aromatic nitrogens is 3. The molecule has 0 radical (unpaired) electrons. The largest absolute Gasteiger partial charge is 0.322 e. The van der Waals surface area contributed by atoms with E-state index in [1.165, 1.54) is 5.56 Å². The van der Waals surface area contributed by atoms with E-state index in [0.29, 0.717) is 23.8 Å². The number of pyridine rings is 1. The van der Waals surface area contributed by atoms with Gasteiger partial charge in [0.05, 0.1) is 6.20 Å². The van der Waals surface area contributed by atoms with Gasteiger partial charge in [-0.05, 0) is 35.7 Å². The summed E-state index contributed by atoms with van der Waals surface area (Å²) in [5.74, 6) is 0. The van der Waals surface area contributed by atoms with Crippen LogP contribution in [0.2, 0.25) is 5.02 Å². The van der Waals surface area contributed by atoms with Gasteiger partial charge >= 0.3 is 6.03 Å². The van der Waals surface area contributed by atoms with Crippen LogP contribution in [0.4, 0.5) is 10.5 Å². The third kappa shape index (κ3) is 2.61. The number of H-pyrrole nitrogens is 1. The Bertz CT molecular complexity index is 891. The van der Waals surface area contributed by atoms with Gasteiger partial charge in [-0.25, -0.2) is 9.78 Å². The number of hydrogen-bond donors (Lipinski definition) is 2. The minimum Gasteiger partial charge on any atom is -0.320 e. The summed E-state index contributed by atoms with van der Waals surface area (Å²) in [5.41, 5.74) is 3.76. The number of rotatable bonds is 1. The fourth-order valence-electron chi connectivity index (χ4n) is 2.90. The van der Waals surface area contributed by atoms with Gasteiger partial charge in [-0.3, -0.25) is 5.10 Å². The molecule has 0 fully saturated rings. The number of nitrogens with zero attached hydrogens (tertiary/aromatic N) is 3. The fraction of sp³-hybridized carbons (Fsp3) is 0.188. The lowest BCUT2D eigenvalue weighted by molar-refractivity contribution is 0.206. The average molecular weight is 328 g/mol. The first-order valence-electron chi connectivity index (χ1n) is 7.32. The molecule has 1 aromatic carbocycles. The van der Waals surface area contributed by atoms with Crippen molar-refractivity contribution in [2.24, 2.45) is 0 Å². The van der Waals surface area contributed by atoms with Crippen LogP contribution >= 0.6 is 11.6 Å². The van der Waals surface area contributed by atoms with Crippen LogP contribution in [0.15, 0.2) is 36.7 Å². The van der Waals surface area contributed by atoms with Gasteiger partial charge in [-0.1, -0.05) is 17.7 Å². The molecule has 2 aromatic heterocycles. The number of carbonyl (C=O) groups is 1. The highest BCUT2D eigenvalue weighted by molar-refractivity contribution is 6.30. The average Bonchev–Trinajstić information content (AvgIpc) is 3.03. The molecule has 2 N–H and O–H groups in total. The molecule has 3 heterocycles. The van der Waals surface area contributed by atoms with E-state index in [-0.39, 0.29) is 6.03 Å². The standard InChI is InChI=1S/C16H14ClN5O/c17-11-2-1-3-12(6-11)20-16(23)22-5-4-13-10(9-22)7-18-15-14(13)8-19-21-15/h1-3,6-8H,4-5,9H2,(H,20,23)(H,18,19,21). The maximum atomic E-state index is 12.4. The molecule has 0 unspecified atom stereocenters. The Labute approximate surface area is 137 Å². The Morgan fingerprint density at radius 2 is 2.26 bits per heavy atom. The summed E-state index contributed by atoms with van der Waals surface area (Å²) in [5, 5.41) is 11.4. The summed E-state index contributed by atoms with van der Waals surface area (Å²) in [7, 11) is 0. The van der Waals surface area contributed by atoms with Gasteiger partial charge in [0.1, 0.15) is 0 Å². The van der Waals surface area contributed by atoms with E-state index in [0.717, 1.165) is 23.0 Å². The van der Waals surface area contributed by atoms with Gasteiger partial charge in [-0.15, -0.1) is 0 Å². The van der Waals surface area contributed by atoms with Crippen LogP contribution in [-0.4, -0.2) is 32.7 Å². The van der Waals surface area contributed by atoms with Crippen LogP contribution in [0.25, 0.3) is 11.0 Å². The van der Waals surface area contributed by atoms with Crippen molar-refractivity contribution in [1.29, 1.82) is 0 Å². The lowest BCUT2D eigenvalue weighted by Crippen LogP contribution is -2.39. The molecule has 6 nitrogen and oxygen atoms in total. The van der Waals surface area contributed by atoms with Gasteiger partial charge in [0.25, 0.3) is 0 Å². The molecule has 4 rings (SSSR count). The van der Waals surface area contributed by atoms with Crippen LogP contribution in [0, 0.1) is 0 Å². The fourth-order valence-corrected chi connectivity index (χ4v) is 3.09. The van der Waals surface area contributed by atoms with Crippen molar-refractivity contribution in [3.05, 3.63) is 52.8 Å². The molecule has 1 aliphatic heterocycles. The van der Waals surface area contributed by atoms with Crippen molar-refractivity contribution in [2.75, 3.05) is 11.9 Å². The molecule has 0 spiro atoms. The second-order valence-electron chi connectivity index (χ2n) is 5.51. The molecule has 0 saturated heterocycles. The van der Waals surface area contributed by atoms with E-state index in [9.17, 15) is 4.79 Å². The first-order valence-corrected chi connectivity index (χ1v) is 7.70. The number of fused-ring (bicyclic) bond motifs is 3. The Morgan fingerprint density at radius 3 is 3.13 bits per heavy atom. The van der Waals surface area contributed by atoms with Gasteiger partial charge in [-0.2, -0.15) is 5.10 Å². The highest BCUT2D eigenvalue weighted by Gasteiger charge is 2.23. The zero-order valence-electron chi connectivity index (χ0n) is 12.2. The van der Waals surface area contributed by atoms with E-state index >= 15 is 0 Å². The molecule has 0 atom stereocenters. The molecule has 2 amide bonds. The minimum atomic E-state index is -0.134. The molecule has 116 valence electrons. The molecule has 0 saturated carbocycles. The predicted molar refractivity (Wildman–Crippen MR) is 88.5 cm³/mol. The normalized spacial score (nSPS) is 13.9. The number of nitrogens with one attached hydrogen (secondary N) is 2.